The van der Waals surface area contributed by atoms with E-state index in [2.05, 4.69) is 66.8 Å². The first-order chi connectivity index (χ1) is 7.54. The molecule has 0 atom stereocenters. The Labute approximate surface area is 108 Å². The highest BCUT2D eigenvalue weighted by atomic mass is 79.9. The zero-order chi connectivity index (χ0) is 12.1. The third-order valence-electron chi connectivity index (χ3n) is 3.01. The van der Waals surface area contributed by atoms with Gasteiger partial charge in [-0.1, -0.05) is 48.0 Å². The summed E-state index contributed by atoms with van der Waals surface area (Å²) in [7, 11) is 2.14. The molecule has 0 bridgehead atoms. The van der Waals surface area contributed by atoms with Crippen molar-refractivity contribution in [3.05, 3.63) is 34.9 Å². The molecule has 2 heteroatoms. The van der Waals surface area contributed by atoms with Crippen molar-refractivity contribution in [2.75, 3.05) is 19.0 Å². The van der Waals surface area contributed by atoms with Crippen molar-refractivity contribution in [1.29, 1.82) is 0 Å². The molecule has 0 fully saturated rings. The van der Waals surface area contributed by atoms with Crippen molar-refractivity contribution in [2.24, 2.45) is 0 Å². The number of nitrogens with zero attached hydrogens (tertiary/aromatic N) is 1. The molecule has 90 valence electrons. The fourth-order valence-corrected chi connectivity index (χ4v) is 1.94. The van der Waals surface area contributed by atoms with E-state index in [0.29, 0.717) is 5.92 Å². The van der Waals surface area contributed by atoms with Crippen molar-refractivity contribution in [2.45, 2.75) is 33.1 Å². The molecule has 1 aromatic carbocycles. The number of hydrogen-bond acceptors (Lipinski definition) is 1. The molecule has 0 unspecified atom stereocenters. The molecular formula is C14H22BrN. The van der Waals surface area contributed by atoms with Gasteiger partial charge in [0.1, 0.15) is 0 Å². The van der Waals surface area contributed by atoms with Crippen LogP contribution < -0.4 is 0 Å². The zero-order valence-electron chi connectivity index (χ0n) is 10.8. The fraction of sp³-hybridized carbons (Fsp3) is 0.571. The Hall–Kier alpha value is -0.340. The average molecular weight is 284 g/mol. The number of alkyl halides is 1. The van der Waals surface area contributed by atoms with Gasteiger partial charge >= 0.3 is 0 Å². The smallest absolute Gasteiger partial charge is 0.0539 e. The van der Waals surface area contributed by atoms with Gasteiger partial charge in [0, 0.05) is 6.54 Å². The minimum absolute atomic E-state index is 0.619. The maximum atomic E-state index is 3.47. The molecule has 0 aliphatic heterocycles. The van der Waals surface area contributed by atoms with Gasteiger partial charge in [-0.2, -0.15) is 0 Å². The van der Waals surface area contributed by atoms with E-state index in [0.717, 1.165) is 18.4 Å². The van der Waals surface area contributed by atoms with Crippen LogP contribution >= 0.6 is 15.9 Å². The summed E-state index contributed by atoms with van der Waals surface area (Å²) >= 11 is 3.47. The van der Waals surface area contributed by atoms with Gasteiger partial charge in [0.15, 0.2) is 0 Å². The first kappa shape index (κ1) is 13.7. The highest BCUT2D eigenvalue weighted by Crippen LogP contribution is 2.19. The Kier molecular flexibility index (Phi) is 5.50. The molecule has 1 nitrogen and oxygen atoms in total. The molecule has 0 spiro atoms. The number of aryl methyl sites for hydroxylation is 1. The van der Waals surface area contributed by atoms with Crippen LogP contribution in [0.1, 0.15) is 36.5 Å². The Morgan fingerprint density at radius 3 is 2.56 bits per heavy atom. The summed E-state index contributed by atoms with van der Waals surface area (Å²) in [5.41, 5.74) is 5.28. The largest absolute Gasteiger partial charge is 0.296 e. The Morgan fingerprint density at radius 2 is 2.00 bits per heavy atom. The van der Waals surface area contributed by atoms with Crippen molar-refractivity contribution < 1.29 is 0 Å². The minimum atomic E-state index is 0.619. The standard InChI is InChI=1S/C14H22BrN/c1-11(2)13-6-5-12(3)14(9-13)7-8-16(4)10-15/h5-6,9,11H,7-8,10H2,1-4H3. The Morgan fingerprint density at radius 1 is 1.31 bits per heavy atom. The van der Waals surface area contributed by atoms with Crippen LogP contribution in [0, 0.1) is 6.92 Å². The molecule has 0 saturated carbocycles. The van der Waals surface area contributed by atoms with E-state index in [1.165, 1.54) is 16.7 Å². The van der Waals surface area contributed by atoms with Crippen LogP contribution in [-0.4, -0.2) is 23.9 Å². The highest BCUT2D eigenvalue weighted by Gasteiger charge is 2.04. The molecule has 16 heavy (non-hydrogen) atoms. The SMILES string of the molecule is Cc1ccc(C(C)C)cc1CCN(C)CBr. The molecule has 1 rings (SSSR count). The average Bonchev–Trinajstić information content (AvgIpc) is 2.27. The number of likely N-dealkylation sites (N-methyl/N-ethyl adjacent to an activating group) is 1. The lowest BCUT2D eigenvalue weighted by Gasteiger charge is -2.15. The van der Waals surface area contributed by atoms with Crippen LogP contribution in [-0.2, 0) is 6.42 Å². The lowest BCUT2D eigenvalue weighted by Crippen LogP contribution is -2.19. The Balaban J connectivity index is 2.74. The number of halogens is 1. The van der Waals surface area contributed by atoms with Crippen molar-refractivity contribution in [1.82, 2.24) is 4.90 Å². The van der Waals surface area contributed by atoms with Crippen molar-refractivity contribution in [3.63, 3.8) is 0 Å². The molecule has 0 aromatic heterocycles. The lowest BCUT2D eigenvalue weighted by molar-refractivity contribution is 0.401. The van der Waals surface area contributed by atoms with Crippen LogP contribution in [0.2, 0.25) is 0 Å². The molecule has 0 saturated heterocycles. The number of benzene rings is 1. The molecule has 0 aliphatic rings. The Bertz CT molecular complexity index is 334. The molecule has 0 N–H and O–H groups in total. The monoisotopic (exact) mass is 283 g/mol. The van der Waals surface area contributed by atoms with Crippen LogP contribution in [0.5, 0.6) is 0 Å². The maximum absolute atomic E-state index is 3.47. The van der Waals surface area contributed by atoms with Crippen LogP contribution in [0.3, 0.4) is 0 Å². The first-order valence-electron chi connectivity index (χ1n) is 5.88. The van der Waals surface area contributed by atoms with Crippen molar-refractivity contribution >= 4 is 15.9 Å². The van der Waals surface area contributed by atoms with E-state index >= 15 is 0 Å². The normalized spacial score (nSPS) is 11.4. The first-order valence-corrected chi connectivity index (χ1v) is 7.00. The second kappa shape index (κ2) is 6.41. The summed E-state index contributed by atoms with van der Waals surface area (Å²) < 4.78 is 0. The van der Waals surface area contributed by atoms with Gasteiger partial charge in [-0.3, -0.25) is 4.90 Å². The van der Waals surface area contributed by atoms with Gasteiger partial charge in [-0.15, -0.1) is 0 Å². The second-order valence-electron chi connectivity index (χ2n) is 4.79. The second-order valence-corrected chi connectivity index (χ2v) is 5.29. The maximum Gasteiger partial charge on any atom is 0.0539 e. The van der Waals surface area contributed by atoms with E-state index < -0.39 is 0 Å². The summed E-state index contributed by atoms with van der Waals surface area (Å²) in [5, 5.41) is 0. The lowest BCUT2D eigenvalue weighted by atomic mass is 9.96. The van der Waals surface area contributed by atoms with E-state index in [1.54, 1.807) is 0 Å². The van der Waals surface area contributed by atoms with Gasteiger partial charge in [0.05, 0.1) is 5.45 Å². The van der Waals surface area contributed by atoms with Crippen LogP contribution in [0.15, 0.2) is 18.2 Å². The van der Waals surface area contributed by atoms with Gasteiger partial charge < -0.3 is 0 Å². The fourth-order valence-electron chi connectivity index (χ4n) is 1.69. The zero-order valence-corrected chi connectivity index (χ0v) is 12.3. The van der Waals surface area contributed by atoms with Gasteiger partial charge in [-0.25, -0.2) is 0 Å². The minimum Gasteiger partial charge on any atom is -0.296 e. The summed E-state index contributed by atoms with van der Waals surface area (Å²) in [6.07, 6.45) is 1.13. The third kappa shape index (κ3) is 3.91. The quantitative estimate of drug-likeness (QED) is 0.584. The molecule has 0 heterocycles. The third-order valence-corrected chi connectivity index (χ3v) is 3.86. The molecule has 1 aromatic rings. The van der Waals surface area contributed by atoms with E-state index in [1.807, 2.05) is 0 Å². The predicted molar refractivity (Wildman–Crippen MR) is 75.4 cm³/mol. The van der Waals surface area contributed by atoms with Crippen LogP contribution in [0.4, 0.5) is 0 Å². The van der Waals surface area contributed by atoms with Gasteiger partial charge in [0.25, 0.3) is 0 Å². The van der Waals surface area contributed by atoms with Crippen molar-refractivity contribution in [3.8, 4) is 0 Å². The van der Waals surface area contributed by atoms with E-state index in [9.17, 15) is 0 Å². The highest BCUT2D eigenvalue weighted by molar-refractivity contribution is 9.09. The van der Waals surface area contributed by atoms with Gasteiger partial charge in [-0.05, 0) is 43.0 Å². The number of rotatable bonds is 5. The van der Waals surface area contributed by atoms with Gasteiger partial charge in [0.2, 0.25) is 0 Å². The summed E-state index contributed by atoms with van der Waals surface area (Å²) in [6, 6.07) is 6.86. The van der Waals surface area contributed by atoms with E-state index in [-0.39, 0.29) is 0 Å². The summed E-state index contributed by atoms with van der Waals surface area (Å²) in [6.45, 7) is 7.80. The molecule has 0 aliphatic carbocycles. The topological polar surface area (TPSA) is 3.24 Å². The van der Waals surface area contributed by atoms with E-state index in [4.69, 9.17) is 0 Å². The molecular weight excluding hydrogens is 262 g/mol. The predicted octanol–water partition coefficient (Wildman–Crippen LogP) is 3.95. The molecule has 0 radical (unpaired) electrons. The van der Waals surface area contributed by atoms with Crippen LogP contribution in [0.25, 0.3) is 0 Å². The molecule has 0 amide bonds. The summed E-state index contributed by atoms with van der Waals surface area (Å²) in [4.78, 5) is 2.28. The number of hydrogen-bond donors (Lipinski definition) is 0. The summed E-state index contributed by atoms with van der Waals surface area (Å²) in [5.74, 6) is 0.619.